The van der Waals surface area contributed by atoms with E-state index in [9.17, 15) is 9.59 Å². The summed E-state index contributed by atoms with van der Waals surface area (Å²) in [6.45, 7) is 1.60. The van der Waals surface area contributed by atoms with Crippen LogP contribution >= 0.6 is 0 Å². The van der Waals surface area contributed by atoms with Crippen molar-refractivity contribution in [3.8, 4) is 0 Å². The van der Waals surface area contributed by atoms with Crippen molar-refractivity contribution in [3.05, 3.63) is 6.33 Å². The Hall–Kier alpha value is -2.12. The highest BCUT2D eigenvalue weighted by Crippen LogP contribution is 1.92. The number of hydrogen-bond acceptors (Lipinski definition) is 5. The summed E-state index contributed by atoms with van der Waals surface area (Å²) in [7, 11) is 3.26. The van der Waals surface area contributed by atoms with Crippen molar-refractivity contribution in [1.82, 2.24) is 25.0 Å². The summed E-state index contributed by atoms with van der Waals surface area (Å²) in [6.07, 6.45) is 1.35. The zero-order chi connectivity index (χ0) is 13.0. The van der Waals surface area contributed by atoms with E-state index < -0.39 is 6.04 Å². The number of amides is 2. The van der Waals surface area contributed by atoms with Crippen LogP contribution in [0.4, 0.5) is 5.95 Å². The maximum absolute atomic E-state index is 11.5. The molecule has 0 aromatic carbocycles. The Bertz CT molecular complexity index is 413. The molecule has 1 unspecified atom stereocenters. The van der Waals surface area contributed by atoms with Gasteiger partial charge >= 0.3 is 0 Å². The molecule has 0 bridgehead atoms. The first-order valence-electron chi connectivity index (χ1n) is 5.05. The first kappa shape index (κ1) is 12.9. The highest BCUT2D eigenvalue weighted by atomic mass is 16.2. The smallest absolute Gasteiger partial charge is 0.244 e. The van der Waals surface area contributed by atoms with Crippen LogP contribution in [-0.4, -0.2) is 51.6 Å². The van der Waals surface area contributed by atoms with Gasteiger partial charge in [-0.05, 0) is 6.92 Å². The van der Waals surface area contributed by atoms with Crippen LogP contribution in [0.1, 0.15) is 6.92 Å². The zero-order valence-electron chi connectivity index (χ0n) is 10.0. The zero-order valence-corrected chi connectivity index (χ0v) is 10.0. The molecule has 0 aliphatic heterocycles. The number of nitrogens with two attached hydrogens (primary N) is 1. The molecule has 1 aromatic heterocycles. The largest absolute Gasteiger partial charge is 0.367 e. The number of nitrogens with one attached hydrogen (secondary N) is 1. The van der Waals surface area contributed by atoms with Gasteiger partial charge in [0.15, 0.2) is 0 Å². The molecule has 0 aliphatic carbocycles. The third kappa shape index (κ3) is 3.74. The van der Waals surface area contributed by atoms with Crippen LogP contribution in [0.2, 0.25) is 0 Å². The SMILES string of the molecule is CC(NC(=O)Cn1cnc(N)n1)C(=O)N(C)C. The highest BCUT2D eigenvalue weighted by Gasteiger charge is 2.17. The minimum atomic E-state index is -0.571. The maximum atomic E-state index is 11.5. The lowest BCUT2D eigenvalue weighted by molar-refractivity contribution is -0.134. The molecule has 8 nitrogen and oxygen atoms in total. The quantitative estimate of drug-likeness (QED) is 0.663. The van der Waals surface area contributed by atoms with E-state index in [1.807, 2.05) is 0 Å². The number of aromatic nitrogens is 3. The van der Waals surface area contributed by atoms with Crippen LogP contribution in [0.25, 0.3) is 0 Å². The number of carbonyl (C=O) groups excluding carboxylic acids is 2. The Kier molecular flexibility index (Phi) is 4.02. The van der Waals surface area contributed by atoms with E-state index in [2.05, 4.69) is 15.4 Å². The van der Waals surface area contributed by atoms with Crippen molar-refractivity contribution in [2.24, 2.45) is 0 Å². The van der Waals surface area contributed by atoms with Crippen LogP contribution < -0.4 is 11.1 Å². The van der Waals surface area contributed by atoms with Crippen molar-refractivity contribution in [2.45, 2.75) is 19.5 Å². The second-order valence-electron chi connectivity index (χ2n) is 3.82. The van der Waals surface area contributed by atoms with Gasteiger partial charge in [-0.3, -0.25) is 9.59 Å². The van der Waals surface area contributed by atoms with Gasteiger partial charge in [-0.2, -0.15) is 0 Å². The Morgan fingerprint density at radius 3 is 2.71 bits per heavy atom. The van der Waals surface area contributed by atoms with Gasteiger partial charge in [0.1, 0.15) is 18.9 Å². The third-order valence-electron chi connectivity index (χ3n) is 2.05. The lowest BCUT2D eigenvalue weighted by Crippen LogP contribution is -2.45. The van der Waals surface area contributed by atoms with Crippen molar-refractivity contribution in [3.63, 3.8) is 0 Å². The van der Waals surface area contributed by atoms with Crippen molar-refractivity contribution in [2.75, 3.05) is 19.8 Å². The predicted molar refractivity (Wildman–Crippen MR) is 60.7 cm³/mol. The van der Waals surface area contributed by atoms with E-state index in [0.29, 0.717) is 0 Å². The van der Waals surface area contributed by atoms with Crippen molar-refractivity contribution in [1.29, 1.82) is 0 Å². The van der Waals surface area contributed by atoms with E-state index >= 15 is 0 Å². The lowest BCUT2D eigenvalue weighted by Gasteiger charge is -2.17. The first-order chi connectivity index (χ1) is 7.90. The van der Waals surface area contributed by atoms with E-state index in [4.69, 9.17) is 5.73 Å². The number of carbonyl (C=O) groups is 2. The number of hydrogen-bond donors (Lipinski definition) is 2. The summed E-state index contributed by atoms with van der Waals surface area (Å²) < 4.78 is 1.30. The fraction of sp³-hybridized carbons (Fsp3) is 0.556. The van der Waals surface area contributed by atoms with E-state index in [1.54, 1.807) is 21.0 Å². The van der Waals surface area contributed by atoms with Crippen LogP contribution in [0.5, 0.6) is 0 Å². The van der Waals surface area contributed by atoms with E-state index in [1.165, 1.54) is 15.9 Å². The molecule has 0 saturated carbocycles. The van der Waals surface area contributed by atoms with Gasteiger partial charge in [0, 0.05) is 14.1 Å². The summed E-state index contributed by atoms with van der Waals surface area (Å²) >= 11 is 0. The van der Waals surface area contributed by atoms with E-state index in [-0.39, 0.29) is 24.3 Å². The number of nitrogen functional groups attached to an aromatic ring is 1. The van der Waals surface area contributed by atoms with Gasteiger partial charge in [-0.15, -0.1) is 5.10 Å². The second-order valence-corrected chi connectivity index (χ2v) is 3.82. The number of likely N-dealkylation sites (N-methyl/N-ethyl adjacent to an activating group) is 1. The Morgan fingerprint density at radius 2 is 2.24 bits per heavy atom. The molecule has 8 heteroatoms. The molecule has 1 heterocycles. The van der Waals surface area contributed by atoms with Gasteiger partial charge in [0.25, 0.3) is 0 Å². The van der Waals surface area contributed by atoms with E-state index in [0.717, 1.165) is 0 Å². The maximum Gasteiger partial charge on any atom is 0.244 e. The monoisotopic (exact) mass is 240 g/mol. The summed E-state index contributed by atoms with van der Waals surface area (Å²) in [6, 6.07) is -0.571. The number of nitrogens with zero attached hydrogens (tertiary/aromatic N) is 4. The number of anilines is 1. The van der Waals surface area contributed by atoms with Crippen molar-refractivity contribution >= 4 is 17.8 Å². The fourth-order valence-electron chi connectivity index (χ4n) is 1.27. The fourth-order valence-corrected chi connectivity index (χ4v) is 1.27. The first-order valence-corrected chi connectivity index (χ1v) is 5.05. The average molecular weight is 240 g/mol. The molecular formula is C9H16N6O2. The third-order valence-corrected chi connectivity index (χ3v) is 2.05. The predicted octanol–water partition coefficient (Wildman–Crippen LogP) is -1.55. The highest BCUT2D eigenvalue weighted by molar-refractivity contribution is 5.86. The number of rotatable bonds is 4. The molecule has 0 spiro atoms. The van der Waals surface area contributed by atoms with Crippen molar-refractivity contribution < 1.29 is 9.59 Å². The molecule has 0 saturated heterocycles. The molecule has 0 fully saturated rings. The lowest BCUT2D eigenvalue weighted by atomic mass is 10.3. The summed E-state index contributed by atoms with van der Waals surface area (Å²) in [4.78, 5) is 28.1. The summed E-state index contributed by atoms with van der Waals surface area (Å²) in [5.74, 6) is -0.385. The molecular weight excluding hydrogens is 224 g/mol. The van der Waals surface area contributed by atoms with Gasteiger partial charge in [-0.25, -0.2) is 9.67 Å². The standard InChI is InChI=1S/C9H16N6O2/c1-6(8(17)14(2)3)12-7(16)4-15-5-11-9(10)13-15/h5-6H,4H2,1-3H3,(H2,10,13)(H,12,16). The Labute approximate surface area is 98.8 Å². The van der Waals surface area contributed by atoms with Crippen LogP contribution in [0, 0.1) is 0 Å². The Balaban J connectivity index is 2.47. The molecule has 94 valence electrons. The topological polar surface area (TPSA) is 106 Å². The van der Waals surface area contributed by atoms with Gasteiger partial charge in [0.05, 0.1) is 0 Å². The molecule has 1 aromatic rings. The molecule has 17 heavy (non-hydrogen) atoms. The molecule has 3 N–H and O–H groups in total. The molecule has 0 aliphatic rings. The Morgan fingerprint density at radius 1 is 1.59 bits per heavy atom. The average Bonchev–Trinajstić information content (AvgIpc) is 2.62. The molecule has 1 atom stereocenters. The second kappa shape index (κ2) is 5.28. The minimum Gasteiger partial charge on any atom is -0.367 e. The molecule has 1 rings (SSSR count). The minimum absolute atomic E-state index is 0.0186. The van der Waals surface area contributed by atoms with Crippen LogP contribution in [-0.2, 0) is 16.1 Å². The molecule has 0 radical (unpaired) electrons. The van der Waals surface area contributed by atoms with Crippen LogP contribution in [0.3, 0.4) is 0 Å². The van der Waals surface area contributed by atoms with Gasteiger partial charge in [0.2, 0.25) is 17.8 Å². The normalized spacial score (nSPS) is 11.9. The van der Waals surface area contributed by atoms with Crippen LogP contribution in [0.15, 0.2) is 6.33 Å². The van der Waals surface area contributed by atoms with Gasteiger partial charge < -0.3 is 16.0 Å². The molecule has 2 amide bonds. The summed E-state index contributed by atoms with van der Waals surface area (Å²) in [5.41, 5.74) is 5.31. The summed E-state index contributed by atoms with van der Waals surface area (Å²) in [5, 5.41) is 6.32. The van der Waals surface area contributed by atoms with Gasteiger partial charge in [-0.1, -0.05) is 0 Å².